The molecule has 7 heteroatoms. The smallest absolute Gasteiger partial charge is 0.395 e. The van der Waals surface area contributed by atoms with E-state index in [-0.39, 0.29) is 24.9 Å². The van der Waals surface area contributed by atoms with Gasteiger partial charge < -0.3 is 10.4 Å². The van der Waals surface area contributed by atoms with Crippen molar-refractivity contribution in [2.24, 2.45) is 0 Å². The number of aliphatic hydroxyl groups is 1. The van der Waals surface area contributed by atoms with Crippen molar-refractivity contribution in [2.75, 3.05) is 6.61 Å². The lowest BCUT2D eigenvalue weighted by Gasteiger charge is -2.14. The van der Waals surface area contributed by atoms with Gasteiger partial charge >= 0.3 is 6.18 Å². The fraction of sp³-hybridized carbons (Fsp3) is 0.353. The topological polar surface area (TPSA) is 45.1 Å². The SMILES string of the molecule is CC[C@H](CO)NCc1nc(-c2ccc(C(F)(F)F)cc2)ccc1F. The monoisotopic (exact) mass is 342 g/mol. The molecule has 24 heavy (non-hydrogen) atoms. The number of aromatic nitrogens is 1. The van der Waals surface area contributed by atoms with Gasteiger partial charge in [0.2, 0.25) is 0 Å². The maximum atomic E-state index is 13.9. The minimum atomic E-state index is -4.40. The Morgan fingerprint density at radius 1 is 1.12 bits per heavy atom. The zero-order valence-electron chi connectivity index (χ0n) is 13.1. The molecule has 0 unspecified atom stereocenters. The van der Waals surface area contributed by atoms with Crippen LogP contribution in [0, 0.1) is 5.82 Å². The molecule has 0 saturated heterocycles. The number of pyridine rings is 1. The van der Waals surface area contributed by atoms with E-state index in [2.05, 4.69) is 10.3 Å². The Labute approximate surface area is 137 Å². The van der Waals surface area contributed by atoms with Gasteiger partial charge in [0.1, 0.15) is 5.82 Å². The van der Waals surface area contributed by atoms with Gasteiger partial charge in [-0.2, -0.15) is 13.2 Å². The average Bonchev–Trinajstić information content (AvgIpc) is 2.56. The van der Waals surface area contributed by atoms with Gasteiger partial charge in [0.25, 0.3) is 0 Å². The van der Waals surface area contributed by atoms with Crippen molar-refractivity contribution in [3.05, 3.63) is 53.5 Å². The molecular formula is C17H18F4N2O. The molecule has 0 radical (unpaired) electrons. The summed E-state index contributed by atoms with van der Waals surface area (Å²) in [5.74, 6) is -0.508. The number of benzene rings is 1. The molecule has 1 atom stereocenters. The van der Waals surface area contributed by atoms with Crippen LogP contribution in [0.4, 0.5) is 17.6 Å². The van der Waals surface area contributed by atoms with E-state index in [1.807, 2.05) is 6.92 Å². The van der Waals surface area contributed by atoms with Gasteiger partial charge in [0, 0.05) is 18.2 Å². The summed E-state index contributed by atoms with van der Waals surface area (Å²) in [5.41, 5.74) is 0.265. The van der Waals surface area contributed by atoms with Gasteiger partial charge in [-0.15, -0.1) is 0 Å². The first-order chi connectivity index (χ1) is 11.3. The van der Waals surface area contributed by atoms with Crippen LogP contribution in [0.5, 0.6) is 0 Å². The van der Waals surface area contributed by atoms with Gasteiger partial charge in [-0.25, -0.2) is 9.37 Å². The lowest BCUT2D eigenvalue weighted by molar-refractivity contribution is -0.137. The lowest BCUT2D eigenvalue weighted by Crippen LogP contribution is -2.31. The van der Waals surface area contributed by atoms with E-state index < -0.39 is 17.6 Å². The highest BCUT2D eigenvalue weighted by molar-refractivity contribution is 5.59. The second kappa shape index (κ2) is 7.72. The van der Waals surface area contributed by atoms with E-state index in [4.69, 9.17) is 5.11 Å². The van der Waals surface area contributed by atoms with Gasteiger partial charge in [0.15, 0.2) is 0 Å². The molecule has 0 bridgehead atoms. The zero-order chi connectivity index (χ0) is 17.7. The van der Waals surface area contributed by atoms with Crippen molar-refractivity contribution in [1.82, 2.24) is 10.3 Å². The maximum absolute atomic E-state index is 13.9. The second-order valence-corrected chi connectivity index (χ2v) is 5.37. The number of hydrogen-bond donors (Lipinski definition) is 2. The van der Waals surface area contributed by atoms with Crippen molar-refractivity contribution in [2.45, 2.75) is 32.1 Å². The zero-order valence-corrected chi connectivity index (χ0v) is 13.1. The molecule has 1 aromatic carbocycles. The third-order valence-electron chi connectivity index (χ3n) is 3.70. The van der Waals surface area contributed by atoms with Gasteiger partial charge in [0.05, 0.1) is 23.6 Å². The van der Waals surface area contributed by atoms with Crippen LogP contribution < -0.4 is 5.32 Å². The molecule has 0 aliphatic rings. The Morgan fingerprint density at radius 3 is 2.33 bits per heavy atom. The molecule has 1 aromatic heterocycles. The summed E-state index contributed by atoms with van der Waals surface area (Å²) in [7, 11) is 0. The average molecular weight is 342 g/mol. The van der Waals surface area contributed by atoms with E-state index in [0.717, 1.165) is 12.1 Å². The Bertz CT molecular complexity index is 667. The molecule has 1 heterocycles. The number of halogens is 4. The molecular weight excluding hydrogens is 324 g/mol. The molecule has 0 saturated carbocycles. The van der Waals surface area contributed by atoms with Crippen molar-refractivity contribution in [3.63, 3.8) is 0 Å². The fourth-order valence-electron chi connectivity index (χ4n) is 2.18. The standard InChI is InChI=1S/C17H18F4N2O/c1-2-13(10-24)22-9-16-14(18)7-8-15(23-16)11-3-5-12(6-4-11)17(19,20)21/h3-8,13,22,24H,2,9-10H2,1H3/t13-/m1/s1. The Hall–Kier alpha value is -1.99. The van der Waals surface area contributed by atoms with E-state index in [9.17, 15) is 17.6 Å². The second-order valence-electron chi connectivity index (χ2n) is 5.37. The number of rotatable bonds is 6. The first-order valence-electron chi connectivity index (χ1n) is 7.52. The lowest BCUT2D eigenvalue weighted by atomic mass is 10.1. The Kier molecular flexibility index (Phi) is 5.90. The largest absolute Gasteiger partial charge is 0.416 e. The molecule has 0 aliphatic heterocycles. The predicted octanol–water partition coefficient (Wildman–Crippen LogP) is 3.77. The Morgan fingerprint density at radius 2 is 1.79 bits per heavy atom. The number of alkyl halides is 3. The normalized spacial score (nSPS) is 13.1. The van der Waals surface area contributed by atoms with E-state index in [1.54, 1.807) is 0 Å². The highest BCUT2D eigenvalue weighted by Crippen LogP contribution is 2.30. The molecule has 0 spiro atoms. The predicted molar refractivity (Wildman–Crippen MR) is 82.6 cm³/mol. The van der Waals surface area contributed by atoms with Gasteiger partial charge in [-0.05, 0) is 30.7 Å². The summed E-state index contributed by atoms with van der Waals surface area (Å²) in [6, 6.07) is 7.04. The third-order valence-corrected chi connectivity index (χ3v) is 3.70. The number of aliphatic hydroxyl groups excluding tert-OH is 1. The highest BCUT2D eigenvalue weighted by Gasteiger charge is 2.30. The molecule has 2 rings (SSSR count). The number of hydrogen-bond acceptors (Lipinski definition) is 3. The number of nitrogens with zero attached hydrogens (tertiary/aromatic N) is 1. The molecule has 0 fully saturated rings. The van der Waals surface area contributed by atoms with E-state index in [0.29, 0.717) is 17.7 Å². The van der Waals surface area contributed by atoms with Crippen LogP contribution in [0.15, 0.2) is 36.4 Å². The fourth-order valence-corrected chi connectivity index (χ4v) is 2.18. The van der Waals surface area contributed by atoms with Crippen LogP contribution in [0.2, 0.25) is 0 Å². The van der Waals surface area contributed by atoms with Crippen LogP contribution in [0.1, 0.15) is 24.6 Å². The molecule has 130 valence electrons. The summed E-state index contributed by atoms with van der Waals surface area (Å²) < 4.78 is 51.6. The van der Waals surface area contributed by atoms with Crippen molar-refractivity contribution < 1.29 is 22.7 Å². The molecule has 2 N–H and O–H groups in total. The highest BCUT2D eigenvalue weighted by atomic mass is 19.4. The van der Waals surface area contributed by atoms with Crippen LogP contribution >= 0.6 is 0 Å². The summed E-state index contributed by atoms with van der Waals surface area (Å²) in [5, 5.41) is 12.1. The van der Waals surface area contributed by atoms with E-state index in [1.165, 1.54) is 24.3 Å². The summed E-state index contributed by atoms with van der Waals surface area (Å²) in [6.07, 6.45) is -3.72. The Balaban J connectivity index is 2.21. The third kappa shape index (κ3) is 4.52. The van der Waals surface area contributed by atoms with Crippen LogP contribution in [-0.2, 0) is 12.7 Å². The summed E-state index contributed by atoms with van der Waals surface area (Å²) >= 11 is 0. The summed E-state index contributed by atoms with van der Waals surface area (Å²) in [6.45, 7) is 1.94. The maximum Gasteiger partial charge on any atom is 0.416 e. The molecule has 3 nitrogen and oxygen atoms in total. The first-order valence-corrected chi connectivity index (χ1v) is 7.52. The van der Waals surface area contributed by atoms with Crippen molar-refractivity contribution in [3.8, 4) is 11.3 Å². The minimum absolute atomic E-state index is 0.0727. The van der Waals surface area contributed by atoms with Gasteiger partial charge in [-0.1, -0.05) is 19.1 Å². The van der Waals surface area contributed by atoms with Crippen LogP contribution in [0.25, 0.3) is 11.3 Å². The molecule has 0 amide bonds. The van der Waals surface area contributed by atoms with Gasteiger partial charge in [-0.3, -0.25) is 0 Å². The molecule has 2 aromatic rings. The quantitative estimate of drug-likeness (QED) is 0.786. The van der Waals surface area contributed by atoms with E-state index >= 15 is 0 Å². The number of nitrogens with one attached hydrogen (secondary N) is 1. The first kappa shape index (κ1) is 18.4. The van der Waals surface area contributed by atoms with Crippen LogP contribution in [-0.4, -0.2) is 22.7 Å². The minimum Gasteiger partial charge on any atom is -0.395 e. The molecule has 0 aliphatic carbocycles. The van der Waals surface area contributed by atoms with Crippen molar-refractivity contribution >= 4 is 0 Å². The van der Waals surface area contributed by atoms with Crippen molar-refractivity contribution in [1.29, 1.82) is 0 Å². The van der Waals surface area contributed by atoms with Crippen LogP contribution in [0.3, 0.4) is 0 Å². The summed E-state index contributed by atoms with van der Waals surface area (Å²) in [4.78, 5) is 4.17.